The van der Waals surface area contributed by atoms with E-state index in [2.05, 4.69) is 5.32 Å². The number of para-hydroxylation sites is 1. The average Bonchev–Trinajstić information content (AvgIpc) is 3.03. The fraction of sp³-hybridized carbons (Fsp3) is 0.471. The van der Waals surface area contributed by atoms with Crippen molar-refractivity contribution < 1.29 is 19.5 Å². The van der Waals surface area contributed by atoms with Crippen molar-refractivity contribution in [2.24, 2.45) is 5.92 Å². The van der Waals surface area contributed by atoms with Gasteiger partial charge in [-0.2, -0.15) is 0 Å². The molecule has 2 aliphatic rings. The number of benzene rings is 1. The lowest BCUT2D eigenvalue weighted by molar-refractivity contribution is -0.143. The highest BCUT2D eigenvalue weighted by atomic mass is 16.4. The standard InChI is InChI=1S/C17H21N3O4/c21-15(20-9-7-12-4-1-2-6-14(12)20)10-18-17(24)19-8-3-5-13(11-19)16(22)23/h1-2,4,6,13H,3,5,7-11H2,(H,18,24)(H,22,23). The zero-order chi connectivity index (χ0) is 17.1. The second-order valence-electron chi connectivity index (χ2n) is 6.21. The van der Waals surface area contributed by atoms with E-state index in [4.69, 9.17) is 5.11 Å². The minimum absolute atomic E-state index is 0.0819. The van der Waals surface area contributed by atoms with Crippen LogP contribution in [0.5, 0.6) is 0 Å². The molecule has 1 aromatic rings. The van der Waals surface area contributed by atoms with Gasteiger partial charge in [0, 0.05) is 25.3 Å². The lowest BCUT2D eigenvalue weighted by atomic mass is 9.99. The van der Waals surface area contributed by atoms with Crippen molar-refractivity contribution in [3.05, 3.63) is 29.8 Å². The number of aliphatic carboxylic acids is 1. The number of carboxylic acids is 1. The molecule has 2 N–H and O–H groups in total. The minimum Gasteiger partial charge on any atom is -0.481 e. The number of carbonyl (C=O) groups is 3. The van der Waals surface area contributed by atoms with Crippen LogP contribution in [0, 0.1) is 5.92 Å². The van der Waals surface area contributed by atoms with Gasteiger partial charge in [0.15, 0.2) is 0 Å². The van der Waals surface area contributed by atoms with Crippen molar-refractivity contribution in [1.29, 1.82) is 0 Å². The fourth-order valence-corrected chi connectivity index (χ4v) is 3.32. The van der Waals surface area contributed by atoms with Crippen molar-refractivity contribution in [3.63, 3.8) is 0 Å². The molecule has 1 saturated heterocycles. The van der Waals surface area contributed by atoms with E-state index in [1.807, 2.05) is 24.3 Å². The zero-order valence-electron chi connectivity index (χ0n) is 13.4. The molecule has 2 heterocycles. The number of urea groups is 1. The number of hydrogen-bond donors (Lipinski definition) is 2. The molecule has 7 nitrogen and oxygen atoms in total. The maximum Gasteiger partial charge on any atom is 0.317 e. The molecule has 2 aliphatic heterocycles. The molecule has 1 atom stereocenters. The van der Waals surface area contributed by atoms with E-state index in [1.165, 1.54) is 4.90 Å². The van der Waals surface area contributed by atoms with Gasteiger partial charge in [0.05, 0.1) is 12.5 Å². The Morgan fingerprint density at radius 3 is 2.79 bits per heavy atom. The predicted molar refractivity (Wildman–Crippen MR) is 87.8 cm³/mol. The van der Waals surface area contributed by atoms with Crippen molar-refractivity contribution in [1.82, 2.24) is 10.2 Å². The summed E-state index contributed by atoms with van der Waals surface area (Å²) in [6.07, 6.45) is 2.07. The molecule has 3 rings (SSSR count). The highest BCUT2D eigenvalue weighted by Crippen LogP contribution is 2.27. The van der Waals surface area contributed by atoms with E-state index in [0.29, 0.717) is 25.9 Å². The first kappa shape index (κ1) is 16.3. The maximum absolute atomic E-state index is 12.4. The normalized spacial score (nSPS) is 19.8. The van der Waals surface area contributed by atoms with Gasteiger partial charge in [0.2, 0.25) is 5.91 Å². The van der Waals surface area contributed by atoms with Gasteiger partial charge in [-0.1, -0.05) is 18.2 Å². The van der Waals surface area contributed by atoms with Crippen LogP contribution in [0.25, 0.3) is 0 Å². The van der Waals surface area contributed by atoms with Gasteiger partial charge in [-0.25, -0.2) is 4.79 Å². The van der Waals surface area contributed by atoms with Gasteiger partial charge in [-0.05, 0) is 30.9 Å². The highest BCUT2D eigenvalue weighted by Gasteiger charge is 2.29. The first-order chi connectivity index (χ1) is 11.6. The van der Waals surface area contributed by atoms with Crippen LogP contribution in [-0.2, 0) is 16.0 Å². The van der Waals surface area contributed by atoms with Crippen LogP contribution in [-0.4, -0.2) is 54.1 Å². The molecule has 1 unspecified atom stereocenters. The monoisotopic (exact) mass is 331 g/mol. The summed E-state index contributed by atoms with van der Waals surface area (Å²) in [5.74, 6) is -1.55. The van der Waals surface area contributed by atoms with Crippen LogP contribution in [0.1, 0.15) is 18.4 Å². The molecule has 0 saturated carbocycles. The van der Waals surface area contributed by atoms with E-state index >= 15 is 0 Å². The van der Waals surface area contributed by atoms with Crippen molar-refractivity contribution in [2.45, 2.75) is 19.3 Å². The second-order valence-corrected chi connectivity index (χ2v) is 6.21. The summed E-state index contributed by atoms with van der Waals surface area (Å²) in [7, 11) is 0. The minimum atomic E-state index is -0.878. The van der Waals surface area contributed by atoms with Crippen LogP contribution in [0.3, 0.4) is 0 Å². The molecule has 0 bridgehead atoms. The van der Waals surface area contributed by atoms with Crippen LogP contribution in [0.2, 0.25) is 0 Å². The Labute approximate surface area is 140 Å². The lowest BCUT2D eigenvalue weighted by Gasteiger charge is -2.30. The molecule has 128 valence electrons. The Bertz CT molecular complexity index is 661. The number of piperidine rings is 1. The third-order valence-corrected chi connectivity index (χ3v) is 4.64. The summed E-state index contributed by atoms with van der Waals surface area (Å²) in [6.45, 7) is 1.26. The van der Waals surface area contributed by atoms with E-state index in [-0.39, 0.29) is 25.0 Å². The largest absolute Gasteiger partial charge is 0.481 e. The number of rotatable bonds is 3. The highest BCUT2D eigenvalue weighted by molar-refractivity contribution is 5.98. The predicted octanol–water partition coefficient (Wildman–Crippen LogP) is 1.08. The molecule has 0 spiro atoms. The molecule has 0 aromatic heterocycles. The summed E-state index contributed by atoms with van der Waals surface area (Å²) < 4.78 is 0. The van der Waals surface area contributed by atoms with Gasteiger partial charge < -0.3 is 20.2 Å². The number of carboxylic acid groups (broad SMARTS) is 1. The van der Waals surface area contributed by atoms with Crippen molar-refractivity contribution in [2.75, 3.05) is 31.1 Å². The SMILES string of the molecule is O=C(O)C1CCCN(C(=O)NCC(=O)N2CCc3ccccc32)C1. The number of nitrogens with one attached hydrogen (secondary N) is 1. The number of likely N-dealkylation sites (tertiary alicyclic amines) is 1. The summed E-state index contributed by atoms with van der Waals surface area (Å²) in [4.78, 5) is 38.8. The quantitative estimate of drug-likeness (QED) is 0.867. The molecule has 7 heteroatoms. The Hall–Kier alpha value is -2.57. The van der Waals surface area contributed by atoms with Crippen molar-refractivity contribution in [3.8, 4) is 0 Å². The molecule has 0 radical (unpaired) electrons. The Kier molecular flexibility index (Phi) is 4.69. The van der Waals surface area contributed by atoms with Gasteiger partial charge in [0.25, 0.3) is 0 Å². The topological polar surface area (TPSA) is 90.0 Å². The van der Waals surface area contributed by atoms with Crippen molar-refractivity contribution >= 4 is 23.6 Å². The lowest BCUT2D eigenvalue weighted by Crippen LogP contribution is -2.49. The van der Waals surface area contributed by atoms with Crippen LogP contribution >= 0.6 is 0 Å². The molecular formula is C17H21N3O4. The number of amides is 3. The third kappa shape index (κ3) is 3.34. The number of nitrogens with zero attached hydrogens (tertiary/aromatic N) is 2. The number of anilines is 1. The smallest absolute Gasteiger partial charge is 0.317 e. The summed E-state index contributed by atoms with van der Waals surface area (Å²) in [5, 5.41) is 11.7. The van der Waals surface area contributed by atoms with Crippen LogP contribution < -0.4 is 10.2 Å². The first-order valence-electron chi connectivity index (χ1n) is 8.20. The third-order valence-electron chi connectivity index (χ3n) is 4.64. The Morgan fingerprint density at radius 1 is 1.21 bits per heavy atom. The van der Waals surface area contributed by atoms with Gasteiger partial charge in [0.1, 0.15) is 0 Å². The van der Waals surface area contributed by atoms with E-state index in [1.54, 1.807) is 4.90 Å². The molecule has 1 aromatic carbocycles. The van der Waals surface area contributed by atoms with Crippen LogP contribution in [0.4, 0.5) is 10.5 Å². The molecular weight excluding hydrogens is 310 g/mol. The fourth-order valence-electron chi connectivity index (χ4n) is 3.32. The molecule has 24 heavy (non-hydrogen) atoms. The maximum atomic E-state index is 12.4. The first-order valence-corrected chi connectivity index (χ1v) is 8.20. The van der Waals surface area contributed by atoms with Gasteiger partial charge in [-0.15, -0.1) is 0 Å². The molecule has 0 aliphatic carbocycles. The summed E-state index contributed by atoms with van der Waals surface area (Å²) in [5.41, 5.74) is 2.04. The Balaban J connectivity index is 1.53. The van der Waals surface area contributed by atoms with Gasteiger partial charge in [-0.3, -0.25) is 9.59 Å². The Morgan fingerprint density at radius 2 is 2.00 bits per heavy atom. The molecule has 1 fully saturated rings. The average molecular weight is 331 g/mol. The summed E-state index contributed by atoms with van der Waals surface area (Å²) in [6, 6.07) is 7.37. The van der Waals surface area contributed by atoms with Gasteiger partial charge >= 0.3 is 12.0 Å². The zero-order valence-corrected chi connectivity index (χ0v) is 13.4. The summed E-state index contributed by atoms with van der Waals surface area (Å²) >= 11 is 0. The number of fused-ring (bicyclic) bond motifs is 1. The molecule has 3 amide bonds. The number of hydrogen-bond acceptors (Lipinski definition) is 3. The van der Waals surface area contributed by atoms with E-state index in [9.17, 15) is 14.4 Å². The van der Waals surface area contributed by atoms with E-state index < -0.39 is 11.9 Å². The van der Waals surface area contributed by atoms with E-state index in [0.717, 1.165) is 17.7 Å². The second kappa shape index (κ2) is 6.90. The number of carbonyl (C=O) groups excluding carboxylic acids is 2. The van der Waals surface area contributed by atoms with Crippen LogP contribution in [0.15, 0.2) is 24.3 Å².